The number of piperidine rings is 1. The highest BCUT2D eigenvalue weighted by molar-refractivity contribution is 7.99. The summed E-state index contributed by atoms with van der Waals surface area (Å²) in [5, 5.41) is 12.3. The van der Waals surface area contributed by atoms with Gasteiger partial charge in [-0.1, -0.05) is 18.2 Å². The molecule has 1 amide bonds. The van der Waals surface area contributed by atoms with Gasteiger partial charge < -0.3 is 14.4 Å². The summed E-state index contributed by atoms with van der Waals surface area (Å²) in [6.45, 7) is 4.14. The zero-order valence-electron chi connectivity index (χ0n) is 19.0. The van der Waals surface area contributed by atoms with Gasteiger partial charge >= 0.3 is 0 Å². The second-order valence-corrected chi connectivity index (χ2v) is 11.0. The van der Waals surface area contributed by atoms with Crippen molar-refractivity contribution in [3.63, 3.8) is 0 Å². The van der Waals surface area contributed by atoms with Crippen molar-refractivity contribution in [1.82, 2.24) is 9.80 Å². The van der Waals surface area contributed by atoms with Crippen LogP contribution in [0.4, 0.5) is 0 Å². The zero-order chi connectivity index (χ0) is 22.8. The van der Waals surface area contributed by atoms with E-state index in [-0.39, 0.29) is 5.91 Å². The molecule has 7 heteroatoms. The number of fused-ring (bicyclic) bond motifs is 1. The number of rotatable bonds is 5. The number of aliphatic hydroxyl groups is 1. The van der Waals surface area contributed by atoms with E-state index in [1.165, 1.54) is 10.5 Å². The predicted octanol–water partition coefficient (Wildman–Crippen LogP) is 4.83. The maximum absolute atomic E-state index is 12.8. The van der Waals surface area contributed by atoms with Crippen LogP contribution in [0.1, 0.15) is 34.5 Å². The van der Waals surface area contributed by atoms with Gasteiger partial charge in [-0.25, -0.2) is 0 Å². The molecule has 3 aromatic rings. The van der Waals surface area contributed by atoms with Gasteiger partial charge in [-0.05, 0) is 60.6 Å². The lowest BCUT2D eigenvalue weighted by molar-refractivity contribution is -0.0276. The molecule has 0 spiro atoms. The maximum atomic E-state index is 12.8. The number of carbonyl (C=O) groups excluding carboxylic acids is 1. The number of furan rings is 1. The first kappa shape index (κ1) is 22.8. The molecule has 1 aromatic heterocycles. The third kappa shape index (κ3) is 4.97. The lowest BCUT2D eigenvalue weighted by Gasteiger charge is -2.38. The smallest absolute Gasteiger partial charge is 0.289 e. The van der Waals surface area contributed by atoms with E-state index in [1.807, 2.05) is 40.9 Å². The molecule has 0 saturated carbocycles. The van der Waals surface area contributed by atoms with E-state index in [0.717, 1.165) is 55.2 Å². The average Bonchev–Trinajstić information content (AvgIpc) is 3.30. The minimum absolute atomic E-state index is 0.0365. The Hall–Kier alpha value is -1.93. The Kier molecular flexibility index (Phi) is 6.74. The van der Waals surface area contributed by atoms with Gasteiger partial charge in [0, 0.05) is 54.5 Å². The Morgan fingerprint density at radius 3 is 2.48 bits per heavy atom. The molecule has 0 unspecified atom stereocenters. The highest BCUT2D eigenvalue weighted by atomic mass is 32.2. The summed E-state index contributed by atoms with van der Waals surface area (Å²) < 4.78 is 5.87. The number of thioether (sulfide) groups is 2. The summed E-state index contributed by atoms with van der Waals surface area (Å²) in [4.78, 5) is 18.4. The van der Waals surface area contributed by atoms with E-state index in [1.54, 1.807) is 11.8 Å². The lowest BCUT2D eigenvalue weighted by atomic mass is 9.84. The second kappa shape index (κ2) is 9.74. The summed E-state index contributed by atoms with van der Waals surface area (Å²) in [6, 6.07) is 16.4. The van der Waals surface area contributed by atoms with E-state index in [2.05, 4.69) is 35.4 Å². The van der Waals surface area contributed by atoms with Gasteiger partial charge in [0.15, 0.2) is 5.76 Å². The minimum atomic E-state index is -0.848. The standard InChI is InChI=1S/C26H30N2O3S2/c1-32-22-5-2-19(3-6-22)18-27-10-8-26(30,9-11-27)21-4-7-23-20(16-21)17-24(31-23)25(29)28-12-14-33-15-13-28/h2-7,16-17,30H,8-15,18H2,1H3. The van der Waals surface area contributed by atoms with Crippen molar-refractivity contribution >= 4 is 40.4 Å². The molecular weight excluding hydrogens is 452 g/mol. The van der Waals surface area contributed by atoms with Crippen LogP contribution in [-0.4, -0.2) is 64.8 Å². The van der Waals surface area contributed by atoms with Crippen LogP contribution in [0.5, 0.6) is 0 Å². The number of carbonyl (C=O) groups is 1. The van der Waals surface area contributed by atoms with Crippen LogP contribution >= 0.6 is 23.5 Å². The molecule has 2 aromatic carbocycles. The first-order valence-corrected chi connectivity index (χ1v) is 13.9. The monoisotopic (exact) mass is 482 g/mol. The molecule has 33 heavy (non-hydrogen) atoms. The molecule has 2 saturated heterocycles. The maximum Gasteiger partial charge on any atom is 0.289 e. The highest BCUT2D eigenvalue weighted by Crippen LogP contribution is 2.35. The van der Waals surface area contributed by atoms with Crippen LogP contribution in [0.25, 0.3) is 11.0 Å². The van der Waals surface area contributed by atoms with Gasteiger partial charge in [0.1, 0.15) is 5.58 Å². The molecule has 3 heterocycles. The third-order valence-corrected chi connectivity index (χ3v) is 8.50. The van der Waals surface area contributed by atoms with E-state index in [9.17, 15) is 9.90 Å². The van der Waals surface area contributed by atoms with Crippen molar-refractivity contribution in [3.05, 3.63) is 65.4 Å². The van der Waals surface area contributed by atoms with Crippen molar-refractivity contribution < 1.29 is 14.3 Å². The van der Waals surface area contributed by atoms with Crippen molar-refractivity contribution in [3.8, 4) is 0 Å². The van der Waals surface area contributed by atoms with E-state index < -0.39 is 5.60 Å². The Balaban J connectivity index is 1.26. The largest absolute Gasteiger partial charge is 0.451 e. The quantitative estimate of drug-likeness (QED) is 0.526. The molecule has 0 radical (unpaired) electrons. The number of hydrogen-bond donors (Lipinski definition) is 1. The molecule has 2 aliphatic rings. The Morgan fingerprint density at radius 2 is 1.79 bits per heavy atom. The third-order valence-electron chi connectivity index (χ3n) is 6.81. The number of amides is 1. The van der Waals surface area contributed by atoms with Crippen molar-refractivity contribution in [1.29, 1.82) is 0 Å². The van der Waals surface area contributed by atoms with Gasteiger partial charge in [-0.2, -0.15) is 11.8 Å². The van der Waals surface area contributed by atoms with Gasteiger partial charge in [-0.3, -0.25) is 9.69 Å². The summed E-state index contributed by atoms with van der Waals surface area (Å²) in [5.74, 6) is 2.31. The SMILES string of the molecule is CSc1ccc(CN2CCC(O)(c3ccc4oc(C(=O)N5CCSCC5)cc4c3)CC2)cc1. The first-order valence-electron chi connectivity index (χ1n) is 11.5. The molecule has 5 rings (SSSR count). The van der Waals surface area contributed by atoms with Crippen molar-refractivity contribution in [2.75, 3.05) is 43.9 Å². The van der Waals surface area contributed by atoms with Crippen LogP contribution < -0.4 is 0 Å². The second-order valence-electron chi connectivity index (χ2n) is 8.92. The number of hydrogen-bond acceptors (Lipinski definition) is 6. The molecule has 0 aliphatic carbocycles. The number of likely N-dealkylation sites (tertiary alicyclic amines) is 1. The summed E-state index contributed by atoms with van der Waals surface area (Å²) >= 11 is 3.64. The van der Waals surface area contributed by atoms with E-state index in [0.29, 0.717) is 24.2 Å². The normalized spacial score (nSPS) is 19.2. The van der Waals surface area contributed by atoms with Crippen molar-refractivity contribution in [2.45, 2.75) is 29.9 Å². The Labute approximate surface area is 203 Å². The van der Waals surface area contributed by atoms with E-state index >= 15 is 0 Å². The fourth-order valence-corrected chi connectivity index (χ4v) is 6.03. The number of benzene rings is 2. The average molecular weight is 483 g/mol. The minimum Gasteiger partial charge on any atom is -0.451 e. The van der Waals surface area contributed by atoms with Crippen LogP contribution in [0.3, 0.4) is 0 Å². The summed E-state index contributed by atoms with van der Waals surface area (Å²) in [7, 11) is 0. The summed E-state index contributed by atoms with van der Waals surface area (Å²) in [5.41, 5.74) is 2.07. The molecule has 0 bridgehead atoms. The Bertz CT molecular complexity index is 1110. The summed E-state index contributed by atoms with van der Waals surface area (Å²) in [6.07, 6.45) is 3.47. The van der Waals surface area contributed by atoms with Crippen LogP contribution in [0.2, 0.25) is 0 Å². The molecule has 5 nitrogen and oxygen atoms in total. The predicted molar refractivity (Wildman–Crippen MR) is 136 cm³/mol. The van der Waals surface area contributed by atoms with Gasteiger partial charge in [0.2, 0.25) is 0 Å². The first-order chi connectivity index (χ1) is 16.0. The van der Waals surface area contributed by atoms with Crippen LogP contribution in [0, 0.1) is 0 Å². The van der Waals surface area contributed by atoms with Gasteiger partial charge in [-0.15, -0.1) is 11.8 Å². The molecular formula is C26H30N2O3S2. The Morgan fingerprint density at radius 1 is 1.06 bits per heavy atom. The fourth-order valence-electron chi connectivity index (χ4n) is 4.72. The van der Waals surface area contributed by atoms with Crippen LogP contribution in [-0.2, 0) is 12.1 Å². The lowest BCUT2D eigenvalue weighted by Crippen LogP contribution is -2.42. The molecule has 174 valence electrons. The molecule has 2 aliphatic heterocycles. The van der Waals surface area contributed by atoms with Gasteiger partial charge in [0.25, 0.3) is 5.91 Å². The highest BCUT2D eigenvalue weighted by Gasteiger charge is 2.34. The molecule has 1 N–H and O–H groups in total. The van der Waals surface area contributed by atoms with E-state index in [4.69, 9.17) is 4.42 Å². The van der Waals surface area contributed by atoms with Crippen molar-refractivity contribution in [2.24, 2.45) is 0 Å². The van der Waals surface area contributed by atoms with Gasteiger partial charge in [0.05, 0.1) is 5.60 Å². The topological polar surface area (TPSA) is 56.9 Å². The molecule has 2 fully saturated rings. The molecule has 0 atom stereocenters. The zero-order valence-corrected chi connectivity index (χ0v) is 20.6. The fraction of sp³-hybridized carbons (Fsp3) is 0.423. The van der Waals surface area contributed by atoms with Crippen LogP contribution in [0.15, 0.2) is 57.8 Å². The number of nitrogens with zero attached hydrogens (tertiary/aromatic N) is 2.